The Morgan fingerprint density at radius 2 is 1.91 bits per heavy atom. The molecular weight excluding hydrogens is 294 g/mol. The van der Waals surface area contributed by atoms with Gasteiger partial charge in [-0.15, -0.1) is 5.10 Å². The first-order valence-electron chi connectivity index (χ1n) is 7.10. The van der Waals surface area contributed by atoms with E-state index in [1.165, 1.54) is 0 Å². The third kappa shape index (κ3) is 3.03. The maximum Gasteiger partial charge on any atom is 0.338 e. The molecule has 0 unspecified atom stereocenters. The lowest BCUT2D eigenvalue weighted by Crippen LogP contribution is -2.04. The van der Waals surface area contributed by atoms with Gasteiger partial charge >= 0.3 is 5.97 Å². The molecule has 0 aliphatic heterocycles. The Balaban J connectivity index is 1.87. The second kappa shape index (κ2) is 6.27. The zero-order valence-electron chi connectivity index (χ0n) is 12.5. The first kappa shape index (κ1) is 14.7. The highest BCUT2D eigenvalue weighted by Crippen LogP contribution is 2.28. The van der Waals surface area contributed by atoms with E-state index in [1.807, 2.05) is 30.3 Å². The van der Waals surface area contributed by atoms with E-state index in [9.17, 15) is 4.79 Å². The van der Waals surface area contributed by atoms with E-state index in [4.69, 9.17) is 10.5 Å². The molecule has 0 bridgehead atoms. The first-order chi connectivity index (χ1) is 11.2. The molecule has 0 aliphatic carbocycles. The van der Waals surface area contributed by atoms with Crippen LogP contribution in [0.3, 0.4) is 0 Å². The predicted octanol–water partition coefficient (Wildman–Crippen LogP) is 2.29. The molecule has 0 fully saturated rings. The van der Waals surface area contributed by atoms with Crippen molar-refractivity contribution in [2.24, 2.45) is 0 Å². The van der Waals surface area contributed by atoms with Gasteiger partial charge in [-0.25, -0.2) is 9.89 Å². The standard InChI is InChI=1S/C16H15N5O2/c1-2-23-16(22)11-5-3-10(4-6-11)12-7-8-13(14(17)9-12)15-18-20-21-19-15/h3-9H,2,17H2,1H3,(H,18,19,20,21). The molecule has 0 saturated heterocycles. The van der Waals surface area contributed by atoms with Crippen molar-refractivity contribution < 1.29 is 9.53 Å². The Labute approximate surface area is 132 Å². The summed E-state index contributed by atoms with van der Waals surface area (Å²) in [6, 6.07) is 12.8. The Morgan fingerprint density at radius 1 is 1.17 bits per heavy atom. The lowest BCUT2D eigenvalue weighted by atomic mass is 10.0. The van der Waals surface area contributed by atoms with Gasteiger partial charge in [0, 0.05) is 11.3 Å². The van der Waals surface area contributed by atoms with Crippen LogP contribution in [0.15, 0.2) is 42.5 Å². The number of tetrazole rings is 1. The average Bonchev–Trinajstić information content (AvgIpc) is 3.09. The number of hydrogen-bond acceptors (Lipinski definition) is 6. The summed E-state index contributed by atoms with van der Waals surface area (Å²) in [5.41, 5.74) is 9.79. The molecule has 116 valence electrons. The van der Waals surface area contributed by atoms with Crippen molar-refractivity contribution in [2.75, 3.05) is 12.3 Å². The Bertz CT molecular complexity index is 813. The van der Waals surface area contributed by atoms with Gasteiger partial charge in [0.25, 0.3) is 0 Å². The number of aromatic amines is 1. The Hall–Kier alpha value is -3.22. The number of carbonyl (C=O) groups excluding carboxylic acids is 1. The van der Waals surface area contributed by atoms with Gasteiger partial charge in [-0.05, 0) is 52.7 Å². The SMILES string of the molecule is CCOC(=O)c1ccc(-c2ccc(-c3nnn[nH]3)c(N)c2)cc1. The van der Waals surface area contributed by atoms with Gasteiger partial charge in [-0.3, -0.25) is 0 Å². The number of esters is 1. The molecule has 7 nitrogen and oxygen atoms in total. The highest BCUT2D eigenvalue weighted by molar-refractivity contribution is 5.90. The molecule has 0 saturated carbocycles. The summed E-state index contributed by atoms with van der Waals surface area (Å²) < 4.78 is 4.97. The van der Waals surface area contributed by atoms with Crippen LogP contribution in [0.2, 0.25) is 0 Å². The molecule has 3 rings (SSSR count). The van der Waals surface area contributed by atoms with Crippen LogP contribution in [0, 0.1) is 0 Å². The van der Waals surface area contributed by atoms with Gasteiger partial charge in [-0.1, -0.05) is 18.2 Å². The molecule has 1 heterocycles. The Kier molecular flexibility index (Phi) is 4.01. The summed E-state index contributed by atoms with van der Waals surface area (Å²) in [4.78, 5) is 11.7. The van der Waals surface area contributed by atoms with Crippen molar-refractivity contribution in [3.63, 3.8) is 0 Å². The maximum atomic E-state index is 11.7. The summed E-state index contributed by atoms with van der Waals surface area (Å²) in [6.45, 7) is 2.13. The number of nitrogens with zero attached hydrogens (tertiary/aromatic N) is 3. The smallest absolute Gasteiger partial charge is 0.338 e. The fraction of sp³-hybridized carbons (Fsp3) is 0.125. The zero-order chi connectivity index (χ0) is 16.2. The molecular formula is C16H15N5O2. The molecule has 1 aromatic heterocycles. The van der Waals surface area contributed by atoms with Gasteiger partial charge in [0.2, 0.25) is 0 Å². The number of nitrogen functional groups attached to an aromatic ring is 1. The van der Waals surface area contributed by atoms with Crippen molar-refractivity contribution in [2.45, 2.75) is 6.92 Å². The largest absolute Gasteiger partial charge is 0.462 e. The quantitative estimate of drug-likeness (QED) is 0.565. The monoisotopic (exact) mass is 309 g/mol. The third-order valence-corrected chi connectivity index (χ3v) is 3.38. The third-order valence-electron chi connectivity index (χ3n) is 3.38. The number of nitrogens with two attached hydrogens (primary N) is 1. The lowest BCUT2D eigenvalue weighted by molar-refractivity contribution is 0.0526. The minimum atomic E-state index is -0.327. The fourth-order valence-electron chi connectivity index (χ4n) is 2.24. The number of carbonyl (C=O) groups is 1. The number of rotatable bonds is 4. The van der Waals surface area contributed by atoms with Gasteiger partial charge in [0.15, 0.2) is 5.82 Å². The predicted molar refractivity (Wildman–Crippen MR) is 85.4 cm³/mol. The second-order valence-corrected chi connectivity index (χ2v) is 4.85. The van der Waals surface area contributed by atoms with E-state index < -0.39 is 0 Å². The van der Waals surface area contributed by atoms with E-state index in [-0.39, 0.29) is 5.97 Å². The molecule has 0 spiro atoms. The van der Waals surface area contributed by atoms with E-state index in [0.717, 1.165) is 16.7 Å². The highest BCUT2D eigenvalue weighted by atomic mass is 16.5. The molecule has 7 heteroatoms. The van der Waals surface area contributed by atoms with Crippen LogP contribution in [0.25, 0.3) is 22.5 Å². The first-order valence-corrected chi connectivity index (χ1v) is 7.10. The van der Waals surface area contributed by atoms with Gasteiger partial charge in [-0.2, -0.15) is 0 Å². The van der Waals surface area contributed by atoms with Crippen molar-refractivity contribution in [3.8, 4) is 22.5 Å². The number of benzene rings is 2. The molecule has 0 amide bonds. The fourth-order valence-corrected chi connectivity index (χ4v) is 2.24. The molecule has 23 heavy (non-hydrogen) atoms. The molecule has 3 N–H and O–H groups in total. The van der Waals surface area contributed by atoms with Crippen molar-refractivity contribution in [1.82, 2.24) is 20.6 Å². The van der Waals surface area contributed by atoms with E-state index >= 15 is 0 Å². The molecule has 0 atom stereocenters. The van der Waals surface area contributed by atoms with E-state index in [1.54, 1.807) is 19.1 Å². The van der Waals surface area contributed by atoms with Gasteiger partial charge < -0.3 is 10.5 Å². The summed E-state index contributed by atoms with van der Waals surface area (Å²) in [5, 5.41) is 13.6. The normalized spacial score (nSPS) is 10.5. The number of H-pyrrole nitrogens is 1. The Morgan fingerprint density at radius 3 is 2.52 bits per heavy atom. The maximum absolute atomic E-state index is 11.7. The van der Waals surface area contributed by atoms with Gasteiger partial charge in [0.1, 0.15) is 0 Å². The molecule has 3 aromatic rings. The highest BCUT2D eigenvalue weighted by Gasteiger charge is 2.09. The topological polar surface area (TPSA) is 107 Å². The van der Waals surface area contributed by atoms with Crippen LogP contribution in [-0.2, 0) is 4.74 Å². The van der Waals surface area contributed by atoms with E-state index in [0.29, 0.717) is 23.7 Å². The lowest BCUT2D eigenvalue weighted by Gasteiger charge is -2.07. The van der Waals surface area contributed by atoms with Crippen molar-refractivity contribution in [1.29, 1.82) is 0 Å². The second-order valence-electron chi connectivity index (χ2n) is 4.85. The number of aromatic nitrogens is 4. The molecule has 2 aromatic carbocycles. The van der Waals surface area contributed by atoms with Crippen LogP contribution >= 0.6 is 0 Å². The van der Waals surface area contributed by atoms with Crippen molar-refractivity contribution in [3.05, 3.63) is 48.0 Å². The van der Waals surface area contributed by atoms with Crippen LogP contribution in [-0.4, -0.2) is 33.2 Å². The summed E-state index contributed by atoms with van der Waals surface area (Å²) in [7, 11) is 0. The van der Waals surface area contributed by atoms with E-state index in [2.05, 4.69) is 20.6 Å². The van der Waals surface area contributed by atoms with Gasteiger partial charge in [0.05, 0.1) is 12.2 Å². The number of nitrogens with one attached hydrogen (secondary N) is 1. The summed E-state index contributed by atoms with van der Waals surface area (Å²) >= 11 is 0. The molecule has 0 radical (unpaired) electrons. The van der Waals surface area contributed by atoms with Crippen LogP contribution in [0.4, 0.5) is 5.69 Å². The zero-order valence-corrected chi connectivity index (χ0v) is 12.5. The van der Waals surface area contributed by atoms with Crippen LogP contribution < -0.4 is 5.73 Å². The number of anilines is 1. The summed E-state index contributed by atoms with van der Waals surface area (Å²) in [6.07, 6.45) is 0. The molecule has 0 aliphatic rings. The number of ether oxygens (including phenoxy) is 1. The minimum Gasteiger partial charge on any atom is -0.462 e. The van der Waals surface area contributed by atoms with Crippen LogP contribution in [0.1, 0.15) is 17.3 Å². The number of hydrogen-bond donors (Lipinski definition) is 2. The van der Waals surface area contributed by atoms with Crippen LogP contribution in [0.5, 0.6) is 0 Å². The van der Waals surface area contributed by atoms with Crippen molar-refractivity contribution >= 4 is 11.7 Å². The summed E-state index contributed by atoms with van der Waals surface area (Å²) in [5.74, 6) is 0.193. The average molecular weight is 309 g/mol. The minimum absolute atomic E-state index is 0.327.